The van der Waals surface area contributed by atoms with E-state index in [9.17, 15) is 4.79 Å². The Hall–Kier alpha value is -1.55. The highest BCUT2D eigenvalue weighted by atomic mass is 32.1. The number of nitrogens with two attached hydrogens (primary N) is 1. The number of unbranched alkanes of at least 4 members (excludes halogenated alkanes) is 2. The van der Waals surface area contributed by atoms with Crippen LogP contribution >= 0.6 is 11.3 Å². The summed E-state index contributed by atoms with van der Waals surface area (Å²) in [6, 6.07) is 6.30. The second kappa shape index (κ2) is 6.94. The Kier molecular flexibility index (Phi) is 5.23. The van der Waals surface area contributed by atoms with Gasteiger partial charge in [0.25, 0.3) is 5.91 Å². The minimum absolute atomic E-state index is 0.0460. The Bertz CT molecular complexity index is 633. The Balaban J connectivity index is 2.10. The summed E-state index contributed by atoms with van der Waals surface area (Å²) < 4.78 is 1.08. The van der Waals surface area contributed by atoms with E-state index >= 15 is 0 Å². The van der Waals surface area contributed by atoms with Crippen molar-refractivity contribution in [2.24, 2.45) is 0 Å². The highest BCUT2D eigenvalue weighted by molar-refractivity contribution is 7.21. The van der Waals surface area contributed by atoms with Gasteiger partial charge in [-0.3, -0.25) is 4.79 Å². The van der Waals surface area contributed by atoms with Gasteiger partial charge in [-0.05, 0) is 31.9 Å². The SMILES string of the molecule is CCCCCC(C)NC(=O)c1sc2cc(C)ccc2c1N. The molecule has 114 valence electrons. The number of fused-ring (bicyclic) bond motifs is 1. The van der Waals surface area contributed by atoms with Crippen LogP contribution in [0, 0.1) is 6.92 Å². The van der Waals surface area contributed by atoms with Crippen molar-refractivity contribution in [1.29, 1.82) is 0 Å². The van der Waals surface area contributed by atoms with E-state index in [4.69, 9.17) is 5.73 Å². The number of benzene rings is 1. The summed E-state index contributed by atoms with van der Waals surface area (Å²) >= 11 is 1.48. The quantitative estimate of drug-likeness (QED) is 0.772. The maximum atomic E-state index is 12.4. The predicted molar refractivity (Wildman–Crippen MR) is 92.0 cm³/mol. The number of rotatable bonds is 6. The van der Waals surface area contributed by atoms with Crippen LogP contribution in [-0.2, 0) is 0 Å². The number of aryl methyl sites for hydroxylation is 1. The molecule has 0 bridgehead atoms. The highest BCUT2D eigenvalue weighted by Crippen LogP contribution is 2.34. The maximum absolute atomic E-state index is 12.4. The van der Waals surface area contributed by atoms with Gasteiger partial charge < -0.3 is 11.1 Å². The van der Waals surface area contributed by atoms with Gasteiger partial charge in [0.2, 0.25) is 0 Å². The van der Waals surface area contributed by atoms with Crippen molar-refractivity contribution < 1.29 is 4.79 Å². The molecule has 1 heterocycles. The predicted octanol–water partition coefficient (Wildman–Crippen LogP) is 4.49. The molecule has 4 heteroatoms. The molecule has 2 rings (SSSR count). The smallest absolute Gasteiger partial charge is 0.263 e. The van der Waals surface area contributed by atoms with E-state index in [0.29, 0.717) is 10.6 Å². The molecule has 21 heavy (non-hydrogen) atoms. The van der Waals surface area contributed by atoms with Gasteiger partial charge in [-0.15, -0.1) is 11.3 Å². The summed E-state index contributed by atoms with van der Waals surface area (Å²) in [5.74, 6) is -0.0460. The van der Waals surface area contributed by atoms with Gasteiger partial charge in [-0.25, -0.2) is 0 Å². The summed E-state index contributed by atoms with van der Waals surface area (Å²) in [6.07, 6.45) is 4.58. The number of nitrogens with one attached hydrogen (secondary N) is 1. The molecule has 1 amide bonds. The largest absolute Gasteiger partial charge is 0.397 e. The number of carbonyl (C=O) groups is 1. The van der Waals surface area contributed by atoms with Gasteiger partial charge in [0, 0.05) is 16.1 Å². The molecular weight excluding hydrogens is 280 g/mol. The van der Waals surface area contributed by atoms with Gasteiger partial charge >= 0.3 is 0 Å². The zero-order valence-electron chi connectivity index (χ0n) is 13.0. The third-order valence-electron chi connectivity index (χ3n) is 3.71. The Labute approximate surface area is 130 Å². The second-order valence-electron chi connectivity index (χ2n) is 5.71. The molecular formula is C17H24N2OS. The molecule has 1 aromatic heterocycles. The lowest BCUT2D eigenvalue weighted by Crippen LogP contribution is -2.32. The summed E-state index contributed by atoms with van der Waals surface area (Å²) in [5.41, 5.74) is 7.93. The molecule has 0 fully saturated rings. The lowest BCUT2D eigenvalue weighted by Gasteiger charge is -2.13. The van der Waals surface area contributed by atoms with Crippen LogP contribution in [-0.4, -0.2) is 11.9 Å². The van der Waals surface area contributed by atoms with Crippen molar-refractivity contribution >= 4 is 33.0 Å². The van der Waals surface area contributed by atoms with Crippen molar-refractivity contribution in [2.45, 2.75) is 52.5 Å². The minimum atomic E-state index is -0.0460. The first-order valence-corrected chi connectivity index (χ1v) is 8.44. The molecule has 3 N–H and O–H groups in total. The van der Waals surface area contributed by atoms with Gasteiger partial charge in [-0.2, -0.15) is 0 Å². The molecule has 1 aromatic carbocycles. The van der Waals surface area contributed by atoms with E-state index in [2.05, 4.69) is 25.2 Å². The Morgan fingerprint density at radius 3 is 2.86 bits per heavy atom. The fourth-order valence-electron chi connectivity index (χ4n) is 2.45. The van der Waals surface area contributed by atoms with Gasteiger partial charge in [-0.1, -0.05) is 38.3 Å². The number of anilines is 1. The first-order valence-electron chi connectivity index (χ1n) is 7.62. The molecule has 3 nitrogen and oxygen atoms in total. The summed E-state index contributed by atoms with van der Waals surface area (Å²) in [4.78, 5) is 13.0. The third-order valence-corrected chi connectivity index (χ3v) is 4.88. The fraction of sp³-hybridized carbons (Fsp3) is 0.471. The summed E-state index contributed by atoms with van der Waals surface area (Å²) in [5, 5.41) is 4.04. The topological polar surface area (TPSA) is 55.1 Å². The van der Waals surface area contributed by atoms with Crippen molar-refractivity contribution in [3.63, 3.8) is 0 Å². The van der Waals surface area contributed by atoms with Crippen LogP contribution < -0.4 is 11.1 Å². The van der Waals surface area contributed by atoms with Crippen LogP contribution in [0.15, 0.2) is 18.2 Å². The zero-order chi connectivity index (χ0) is 15.4. The van der Waals surface area contributed by atoms with Crippen LogP contribution in [0.2, 0.25) is 0 Å². The molecule has 0 radical (unpaired) electrons. The summed E-state index contributed by atoms with van der Waals surface area (Å²) in [7, 11) is 0. The Morgan fingerprint density at radius 1 is 1.38 bits per heavy atom. The normalized spacial score (nSPS) is 12.5. The van der Waals surface area contributed by atoms with Crippen molar-refractivity contribution in [1.82, 2.24) is 5.32 Å². The number of hydrogen-bond acceptors (Lipinski definition) is 3. The highest BCUT2D eigenvalue weighted by Gasteiger charge is 2.17. The molecule has 0 saturated carbocycles. The molecule has 0 spiro atoms. The van der Waals surface area contributed by atoms with E-state index in [-0.39, 0.29) is 11.9 Å². The summed E-state index contributed by atoms with van der Waals surface area (Å²) in [6.45, 7) is 6.29. The molecule has 1 unspecified atom stereocenters. The average molecular weight is 304 g/mol. The number of hydrogen-bond donors (Lipinski definition) is 2. The van der Waals surface area contributed by atoms with E-state index in [0.717, 1.165) is 22.9 Å². The fourth-order valence-corrected chi connectivity index (χ4v) is 3.58. The van der Waals surface area contributed by atoms with Gasteiger partial charge in [0.05, 0.1) is 5.69 Å². The standard InChI is InChI=1S/C17H24N2OS/c1-4-5-6-7-12(3)19-17(20)16-15(18)13-9-8-11(2)10-14(13)21-16/h8-10,12H,4-7,18H2,1-3H3,(H,19,20). The number of nitrogen functional groups attached to an aromatic ring is 1. The van der Waals surface area contributed by atoms with E-state index < -0.39 is 0 Å². The van der Waals surface area contributed by atoms with Crippen LogP contribution in [0.4, 0.5) is 5.69 Å². The van der Waals surface area contributed by atoms with Crippen LogP contribution in [0.25, 0.3) is 10.1 Å². The van der Waals surface area contributed by atoms with E-state index in [1.807, 2.05) is 19.1 Å². The van der Waals surface area contributed by atoms with Crippen molar-refractivity contribution in [2.75, 3.05) is 5.73 Å². The zero-order valence-corrected chi connectivity index (χ0v) is 13.8. The van der Waals surface area contributed by atoms with Crippen LogP contribution in [0.3, 0.4) is 0 Å². The lowest BCUT2D eigenvalue weighted by molar-refractivity contribution is 0.0943. The minimum Gasteiger partial charge on any atom is -0.397 e. The number of amides is 1. The van der Waals surface area contributed by atoms with E-state index in [1.165, 1.54) is 29.7 Å². The third kappa shape index (κ3) is 3.76. The lowest BCUT2D eigenvalue weighted by atomic mass is 10.1. The molecule has 1 atom stereocenters. The van der Waals surface area contributed by atoms with Gasteiger partial charge in [0.15, 0.2) is 0 Å². The van der Waals surface area contributed by atoms with Crippen LogP contribution in [0.1, 0.15) is 54.8 Å². The molecule has 2 aromatic rings. The molecule has 0 aliphatic heterocycles. The number of thiophene rings is 1. The average Bonchev–Trinajstić information content (AvgIpc) is 2.75. The first-order chi connectivity index (χ1) is 10.0. The van der Waals surface area contributed by atoms with Gasteiger partial charge in [0.1, 0.15) is 4.88 Å². The first kappa shape index (κ1) is 15.8. The maximum Gasteiger partial charge on any atom is 0.263 e. The number of carbonyl (C=O) groups excluding carboxylic acids is 1. The van der Waals surface area contributed by atoms with E-state index in [1.54, 1.807) is 0 Å². The van der Waals surface area contributed by atoms with Crippen LogP contribution in [0.5, 0.6) is 0 Å². The molecule has 0 aliphatic carbocycles. The van der Waals surface area contributed by atoms with Crippen molar-refractivity contribution in [3.05, 3.63) is 28.6 Å². The molecule has 0 aliphatic rings. The second-order valence-corrected chi connectivity index (χ2v) is 6.77. The monoisotopic (exact) mass is 304 g/mol. The molecule has 0 saturated heterocycles. The Morgan fingerprint density at radius 2 is 2.14 bits per heavy atom. The van der Waals surface area contributed by atoms with Crippen molar-refractivity contribution in [3.8, 4) is 0 Å².